The predicted molar refractivity (Wildman–Crippen MR) is 116 cm³/mol. The molecule has 0 spiro atoms. The van der Waals surface area contributed by atoms with Gasteiger partial charge in [0.05, 0.1) is 15.7 Å². The van der Waals surface area contributed by atoms with Crippen molar-refractivity contribution < 1.29 is 4.79 Å². The number of carbonyl (C=O) groups is 1. The smallest absolute Gasteiger partial charge is 0.254 e. The van der Waals surface area contributed by atoms with Gasteiger partial charge in [0.1, 0.15) is 5.82 Å². The van der Waals surface area contributed by atoms with E-state index in [1.165, 1.54) is 12.8 Å². The average molecular weight is 409 g/mol. The van der Waals surface area contributed by atoms with Crippen LogP contribution >= 0.6 is 11.3 Å². The SMILES string of the molecule is Cc1cc(N2CCN(C(=O)c3ccc4ncsc4c3)CC2)nc(N2CCCC2)n1. The van der Waals surface area contributed by atoms with E-state index < -0.39 is 0 Å². The first-order valence-corrected chi connectivity index (χ1v) is 11.0. The van der Waals surface area contributed by atoms with Crippen molar-refractivity contribution in [3.63, 3.8) is 0 Å². The fraction of sp³-hybridized carbons (Fsp3) is 0.429. The predicted octanol–water partition coefficient (Wildman–Crippen LogP) is 2.96. The topological polar surface area (TPSA) is 65.5 Å². The summed E-state index contributed by atoms with van der Waals surface area (Å²) >= 11 is 1.57. The lowest BCUT2D eigenvalue weighted by atomic mass is 10.1. The van der Waals surface area contributed by atoms with Crippen molar-refractivity contribution in [2.45, 2.75) is 19.8 Å². The van der Waals surface area contributed by atoms with Gasteiger partial charge in [0.2, 0.25) is 5.95 Å². The summed E-state index contributed by atoms with van der Waals surface area (Å²) in [5, 5.41) is 0. The number of aromatic nitrogens is 3. The Morgan fingerprint density at radius 2 is 1.76 bits per heavy atom. The highest BCUT2D eigenvalue weighted by atomic mass is 32.1. The molecule has 5 rings (SSSR count). The van der Waals surface area contributed by atoms with Crippen LogP contribution in [-0.4, -0.2) is 65.0 Å². The lowest BCUT2D eigenvalue weighted by Gasteiger charge is -2.35. The molecule has 0 N–H and O–H groups in total. The van der Waals surface area contributed by atoms with Crippen molar-refractivity contribution in [2.24, 2.45) is 0 Å². The summed E-state index contributed by atoms with van der Waals surface area (Å²) in [6.45, 7) is 7.06. The Bertz CT molecular complexity index is 1040. The fourth-order valence-electron chi connectivity index (χ4n) is 4.07. The zero-order valence-electron chi connectivity index (χ0n) is 16.5. The minimum atomic E-state index is 0.0940. The standard InChI is InChI=1S/C21H24N6OS/c1-15-12-19(24-21(23-15)27-6-2-3-7-27)25-8-10-26(11-9-25)20(28)16-4-5-17-18(13-16)29-14-22-17/h4-5,12-14H,2-3,6-11H2,1H3. The number of hydrogen-bond donors (Lipinski definition) is 0. The number of rotatable bonds is 3. The summed E-state index contributed by atoms with van der Waals surface area (Å²) in [4.78, 5) is 33.2. The average Bonchev–Trinajstić information content (AvgIpc) is 3.44. The van der Waals surface area contributed by atoms with Crippen LogP contribution in [0.3, 0.4) is 0 Å². The molecule has 0 saturated carbocycles. The number of nitrogens with zero attached hydrogens (tertiary/aromatic N) is 6. The molecule has 4 heterocycles. The van der Waals surface area contributed by atoms with Gasteiger partial charge < -0.3 is 14.7 Å². The molecule has 0 bridgehead atoms. The second-order valence-corrected chi connectivity index (χ2v) is 8.56. The summed E-state index contributed by atoms with van der Waals surface area (Å²) in [6, 6.07) is 7.82. The molecular formula is C21H24N6OS. The zero-order valence-corrected chi connectivity index (χ0v) is 17.4. The number of thiazole rings is 1. The molecule has 1 amide bonds. The van der Waals surface area contributed by atoms with Crippen molar-refractivity contribution in [2.75, 3.05) is 49.1 Å². The number of anilines is 2. The highest BCUT2D eigenvalue weighted by molar-refractivity contribution is 7.16. The Morgan fingerprint density at radius 1 is 0.966 bits per heavy atom. The molecule has 2 aliphatic rings. The van der Waals surface area contributed by atoms with Crippen molar-refractivity contribution in [3.8, 4) is 0 Å². The van der Waals surface area contributed by atoms with Crippen molar-refractivity contribution in [1.29, 1.82) is 0 Å². The second kappa shape index (κ2) is 7.59. The maximum Gasteiger partial charge on any atom is 0.254 e. The lowest BCUT2D eigenvalue weighted by Crippen LogP contribution is -2.49. The van der Waals surface area contributed by atoms with Crippen LogP contribution < -0.4 is 9.80 Å². The maximum atomic E-state index is 12.9. The fourth-order valence-corrected chi connectivity index (χ4v) is 4.78. The van der Waals surface area contributed by atoms with E-state index in [2.05, 4.69) is 25.8 Å². The van der Waals surface area contributed by atoms with Gasteiger partial charge in [-0.3, -0.25) is 4.79 Å². The summed E-state index contributed by atoms with van der Waals surface area (Å²) in [5.41, 5.74) is 4.50. The number of fused-ring (bicyclic) bond motifs is 1. The van der Waals surface area contributed by atoms with Gasteiger partial charge in [-0.05, 0) is 38.0 Å². The first-order chi connectivity index (χ1) is 14.2. The number of piperazine rings is 1. The number of amides is 1. The molecule has 1 aromatic carbocycles. The van der Waals surface area contributed by atoms with Gasteiger partial charge in [-0.2, -0.15) is 4.98 Å². The maximum absolute atomic E-state index is 12.9. The van der Waals surface area contributed by atoms with Gasteiger partial charge in [0.25, 0.3) is 5.91 Å². The van der Waals surface area contributed by atoms with E-state index >= 15 is 0 Å². The van der Waals surface area contributed by atoms with E-state index in [1.54, 1.807) is 11.3 Å². The number of carbonyl (C=O) groups excluding carboxylic acids is 1. The molecule has 0 unspecified atom stereocenters. The van der Waals surface area contributed by atoms with Crippen molar-refractivity contribution in [1.82, 2.24) is 19.9 Å². The Morgan fingerprint density at radius 3 is 2.55 bits per heavy atom. The van der Waals surface area contributed by atoms with Crippen LogP contribution in [0, 0.1) is 6.92 Å². The van der Waals surface area contributed by atoms with Crippen LogP contribution in [0.15, 0.2) is 29.8 Å². The molecule has 2 saturated heterocycles. The van der Waals surface area contributed by atoms with Gasteiger partial charge in [-0.1, -0.05) is 0 Å². The van der Waals surface area contributed by atoms with Gasteiger partial charge in [0.15, 0.2) is 0 Å². The van der Waals surface area contributed by atoms with Gasteiger partial charge in [0, 0.05) is 56.6 Å². The van der Waals surface area contributed by atoms with Crippen LogP contribution in [0.4, 0.5) is 11.8 Å². The van der Waals surface area contributed by atoms with Crippen LogP contribution in [-0.2, 0) is 0 Å². The second-order valence-electron chi connectivity index (χ2n) is 7.68. The van der Waals surface area contributed by atoms with E-state index in [0.717, 1.165) is 59.4 Å². The molecule has 150 valence electrons. The molecule has 3 aromatic rings. The summed E-state index contributed by atoms with van der Waals surface area (Å²) in [6.07, 6.45) is 2.42. The normalized spacial score (nSPS) is 17.3. The minimum Gasteiger partial charge on any atom is -0.353 e. The molecular weight excluding hydrogens is 384 g/mol. The third-order valence-corrected chi connectivity index (χ3v) is 6.48. The Balaban J connectivity index is 1.28. The summed E-state index contributed by atoms with van der Waals surface area (Å²) < 4.78 is 1.06. The summed E-state index contributed by atoms with van der Waals surface area (Å²) in [5.74, 6) is 1.91. The quantitative estimate of drug-likeness (QED) is 0.664. The van der Waals surface area contributed by atoms with Gasteiger partial charge >= 0.3 is 0 Å². The van der Waals surface area contributed by atoms with E-state index in [-0.39, 0.29) is 5.91 Å². The van der Waals surface area contributed by atoms with E-state index in [0.29, 0.717) is 13.1 Å². The third kappa shape index (κ3) is 3.64. The zero-order chi connectivity index (χ0) is 19.8. The molecule has 2 fully saturated rings. The van der Waals surface area contributed by atoms with Crippen molar-refractivity contribution >= 4 is 39.2 Å². The highest BCUT2D eigenvalue weighted by Crippen LogP contribution is 2.23. The van der Waals surface area contributed by atoms with Crippen LogP contribution in [0.25, 0.3) is 10.2 Å². The molecule has 2 aliphatic heterocycles. The Hall–Kier alpha value is -2.74. The van der Waals surface area contributed by atoms with Gasteiger partial charge in [-0.15, -0.1) is 11.3 Å². The van der Waals surface area contributed by atoms with Crippen molar-refractivity contribution in [3.05, 3.63) is 41.0 Å². The molecule has 29 heavy (non-hydrogen) atoms. The highest BCUT2D eigenvalue weighted by Gasteiger charge is 2.24. The number of hydrogen-bond acceptors (Lipinski definition) is 7. The molecule has 7 nitrogen and oxygen atoms in total. The largest absolute Gasteiger partial charge is 0.353 e. The molecule has 2 aromatic heterocycles. The Kier molecular flexibility index (Phi) is 4.79. The monoisotopic (exact) mass is 408 g/mol. The van der Waals surface area contributed by atoms with E-state index in [4.69, 9.17) is 4.98 Å². The summed E-state index contributed by atoms with van der Waals surface area (Å²) in [7, 11) is 0. The molecule has 0 aliphatic carbocycles. The first-order valence-electron chi connectivity index (χ1n) is 10.2. The number of benzene rings is 1. The van der Waals surface area contributed by atoms with E-state index in [1.807, 2.05) is 35.5 Å². The Labute approximate surface area is 174 Å². The van der Waals surface area contributed by atoms with Crippen LogP contribution in [0.5, 0.6) is 0 Å². The third-order valence-electron chi connectivity index (χ3n) is 5.69. The lowest BCUT2D eigenvalue weighted by molar-refractivity contribution is 0.0746. The first kappa shape index (κ1) is 18.3. The van der Waals surface area contributed by atoms with Crippen LogP contribution in [0.1, 0.15) is 28.9 Å². The van der Waals surface area contributed by atoms with Crippen LogP contribution in [0.2, 0.25) is 0 Å². The minimum absolute atomic E-state index is 0.0940. The molecule has 0 radical (unpaired) electrons. The van der Waals surface area contributed by atoms with Gasteiger partial charge in [-0.25, -0.2) is 9.97 Å². The van der Waals surface area contributed by atoms with E-state index in [9.17, 15) is 4.79 Å². The molecule has 0 atom stereocenters. The molecule has 8 heteroatoms. The number of aryl methyl sites for hydroxylation is 1.